The minimum atomic E-state index is -3.48. The molecule has 1 aliphatic rings. The molecule has 0 aromatic heterocycles. The number of hydrogen-bond donors (Lipinski definition) is 0. The Morgan fingerprint density at radius 1 is 1.04 bits per heavy atom. The molecule has 0 saturated carbocycles. The largest absolute Gasteiger partial charge is 0.297 e. The predicted octanol–water partition coefficient (Wildman–Crippen LogP) is 3.67. The van der Waals surface area contributed by atoms with E-state index in [0.29, 0.717) is 18.1 Å². The van der Waals surface area contributed by atoms with Gasteiger partial charge in [-0.15, -0.1) is 0 Å². The highest BCUT2D eigenvalue weighted by Crippen LogP contribution is 2.23. The van der Waals surface area contributed by atoms with E-state index in [-0.39, 0.29) is 4.90 Å². The van der Waals surface area contributed by atoms with Crippen LogP contribution in [0.25, 0.3) is 6.08 Å². The summed E-state index contributed by atoms with van der Waals surface area (Å²) in [4.78, 5) is 2.53. The van der Waals surface area contributed by atoms with Crippen molar-refractivity contribution in [2.24, 2.45) is 0 Å². The van der Waals surface area contributed by atoms with Crippen molar-refractivity contribution in [3.8, 4) is 0 Å². The van der Waals surface area contributed by atoms with Crippen molar-refractivity contribution in [1.82, 2.24) is 9.21 Å². The van der Waals surface area contributed by atoms with Crippen LogP contribution in [0.15, 0.2) is 59.5 Å². The average molecular weight is 391 g/mol. The van der Waals surface area contributed by atoms with E-state index in [2.05, 4.69) is 29.2 Å². The zero-order chi connectivity index (χ0) is 18.6. The lowest BCUT2D eigenvalue weighted by molar-refractivity contribution is 0.204. The topological polar surface area (TPSA) is 40.6 Å². The molecule has 0 radical (unpaired) electrons. The fourth-order valence-electron chi connectivity index (χ4n) is 2.94. The second-order valence-corrected chi connectivity index (χ2v) is 8.77. The Labute approximate surface area is 160 Å². The lowest BCUT2D eigenvalue weighted by Crippen LogP contribution is -2.48. The molecule has 0 unspecified atom stereocenters. The highest BCUT2D eigenvalue weighted by Gasteiger charge is 2.28. The number of aryl methyl sites for hydroxylation is 1. The number of nitrogens with zero attached hydrogens (tertiary/aromatic N) is 2. The minimum absolute atomic E-state index is 0.269. The molecule has 0 atom stereocenters. The van der Waals surface area contributed by atoms with Crippen molar-refractivity contribution in [3.63, 3.8) is 0 Å². The average Bonchev–Trinajstić information content (AvgIpc) is 2.65. The molecule has 1 aliphatic heterocycles. The third kappa shape index (κ3) is 4.54. The summed E-state index contributed by atoms with van der Waals surface area (Å²) in [6.07, 6.45) is 4.22. The summed E-state index contributed by atoms with van der Waals surface area (Å²) in [7, 11) is -3.48. The van der Waals surface area contributed by atoms with Gasteiger partial charge >= 0.3 is 0 Å². The maximum Gasteiger partial charge on any atom is 0.243 e. The molecule has 2 aromatic rings. The van der Waals surface area contributed by atoms with Crippen molar-refractivity contribution in [1.29, 1.82) is 0 Å². The zero-order valence-electron chi connectivity index (χ0n) is 14.8. The number of piperazine rings is 1. The molecule has 0 aliphatic carbocycles. The van der Waals surface area contributed by atoms with Crippen LogP contribution in [0.2, 0.25) is 5.02 Å². The second kappa shape index (κ2) is 8.35. The number of halogens is 1. The Balaban J connectivity index is 1.57. The smallest absolute Gasteiger partial charge is 0.243 e. The molecule has 1 heterocycles. The van der Waals surface area contributed by atoms with E-state index >= 15 is 0 Å². The first kappa shape index (κ1) is 19.1. The molecule has 0 bridgehead atoms. The van der Waals surface area contributed by atoms with Gasteiger partial charge in [-0.1, -0.05) is 60.2 Å². The zero-order valence-corrected chi connectivity index (χ0v) is 16.4. The number of rotatable bonds is 5. The van der Waals surface area contributed by atoms with E-state index in [1.165, 1.54) is 5.56 Å². The molecule has 3 rings (SSSR count). The summed E-state index contributed by atoms with van der Waals surface area (Å²) in [5.74, 6) is 0. The molecule has 4 nitrogen and oxygen atoms in total. The van der Waals surface area contributed by atoms with Crippen LogP contribution < -0.4 is 0 Å². The first-order valence-corrected chi connectivity index (χ1v) is 10.5. The van der Waals surface area contributed by atoms with Crippen LogP contribution in [-0.2, 0) is 10.0 Å². The third-order valence-corrected chi connectivity index (χ3v) is 6.89. The van der Waals surface area contributed by atoms with Gasteiger partial charge in [-0.05, 0) is 30.2 Å². The fourth-order valence-corrected chi connectivity index (χ4v) is 4.63. The van der Waals surface area contributed by atoms with Crippen LogP contribution in [0, 0.1) is 6.92 Å². The van der Waals surface area contributed by atoms with Gasteiger partial charge in [-0.2, -0.15) is 4.31 Å². The van der Waals surface area contributed by atoms with Crippen LogP contribution in [0.3, 0.4) is 0 Å². The van der Waals surface area contributed by atoms with Gasteiger partial charge in [0.2, 0.25) is 10.0 Å². The van der Waals surface area contributed by atoms with Gasteiger partial charge in [0.05, 0.1) is 4.90 Å². The van der Waals surface area contributed by atoms with Crippen LogP contribution in [0.5, 0.6) is 0 Å². The van der Waals surface area contributed by atoms with Crippen LogP contribution in [0.1, 0.15) is 11.1 Å². The lowest BCUT2D eigenvalue weighted by atomic mass is 10.2. The van der Waals surface area contributed by atoms with Crippen molar-refractivity contribution in [3.05, 3.63) is 70.8 Å². The highest BCUT2D eigenvalue weighted by atomic mass is 35.5. The van der Waals surface area contributed by atoms with Gasteiger partial charge in [0, 0.05) is 37.7 Å². The van der Waals surface area contributed by atoms with Gasteiger partial charge in [0.15, 0.2) is 0 Å². The Morgan fingerprint density at radius 2 is 1.73 bits per heavy atom. The van der Waals surface area contributed by atoms with Crippen molar-refractivity contribution in [2.45, 2.75) is 11.8 Å². The molecular weight excluding hydrogens is 368 g/mol. The maximum atomic E-state index is 12.8. The SMILES string of the molecule is Cc1ccc(S(=O)(=O)N2CCN(CC=Cc3ccccc3)CC2)cc1Cl. The van der Waals surface area contributed by atoms with E-state index < -0.39 is 10.0 Å². The second-order valence-electron chi connectivity index (χ2n) is 6.43. The Kier molecular flexibility index (Phi) is 6.14. The lowest BCUT2D eigenvalue weighted by Gasteiger charge is -2.33. The molecule has 0 spiro atoms. The van der Waals surface area contributed by atoms with E-state index in [0.717, 1.165) is 25.2 Å². The molecule has 0 amide bonds. The van der Waals surface area contributed by atoms with Gasteiger partial charge in [0.25, 0.3) is 0 Å². The normalized spacial score (nSPS) is 17.0. The summed E-state index contributed by atoms with van der Waals surface area (Å²) >= 11 is 6.09. The fraction of sp³-hybridized carbons (Fsp3) is 0.300. The Hall–Kier alpha value is -1.66. The van der Waals surface area contributed by atoms with Crippen LogP contribution >= 0.6 is 11.6 Å². The van der Waals surface area contributed by atoms with Crippen LogP contribution in [-0.4, -0.2) is 50.3 Å². The van der Waals surface area contributed by atoms with Crippen molar-refractivity contribution in [2.75, 3.05) is 32.7 Å². The summed E-state index contributed by atoms with van der Waals surface area (Å²) in [5.41, 5.74) is 2.05. The van der Waals surface area contributed by atoms with Crippen LogP contribution in [0.4, 0.5) is 0 Å². The summed E-state index contributed by atoms with van der Waals surface area (Å²) < 4.78 is 27.1. The van der Waals surface area contributed by atoms with E-state index in [9.17, 15) is 8.42 Å². The van der Waals surface area contributed by atoms with E-state index in [4.69, 9.17) is 11.6 Å². The van der Waals surface area contributed by atoms with Gasteiger partial charge in [0.1, 0.15) is 0 Å². The molecule has 6 heteroatoms. The molecule has 138 valence electrons. The number of benzene rings is 2. The molecule has 26 heavy (non-hydrogen) atoms. The Bertz CT molecular complexity index is 874. The van der Waals surface area contributed by atoms with Gasteiger partial charge in [-0.3, -0.25) is 4.90 Å². The molecule has 2 aromatic carbocycles. The summed E-state index contributed by atoms with van der Waals surface area (Å²) in [6.45, 7) is 5.11. The van der Waals surface area contributed by atoms with E-state index in [1.807, 2.05) is 25.1 Å². The predicted molar refractivity (Wildman–Crippen MR) is 107 cm³/mol. The number of hydrogen-bond acceptors (Lipinski definition) is 3. The first-order chi connectivity index (χ1) is 12.5. The van der Waals surface area contributed by atoms with E-state index in [1.54, 1.807) is 22.5 Å². The molecule has 1 saturated heterocycles. The molecule has 0 N–H and O–H groups in total. The third-order valence-electron chi connectivity index (χ3n) is 4.59. The summed E-state index contributed by atoms with van der Waals surface area (Å²) in [5, 5.41) is 0.482. The van der Waals surface area contributed by atoms with Crippen molar-refractivity contribution >= 4 is 27.7 Å². The maximum absolute atomic E-state index is 12.8. The summed E-state index contributed by atoms with van der Waals surface area (Å²) in [6, 6.07) is 15.1. The van der Waals surface area contributed by atoms with Gasteiger partial charge < -0.3 is 0 Å². The van der Waals surface area contributed by atoms with Crippen molar-refractivity contribution < 1.29 is 8.42 Å². The monoisotopic (exact) mass is 390 g/mol. The molecule has 1 fully saturated rings. The minimum Gasteiger partial charge on any atom is -0.297 e. The first-order valence-electron chi connectivity index (χ1n) is 8.67. The standard InChI is InChI=1S/C20H23ClN2O2S/c1-17-9-10-19(16-20(17)21)26(24,25)23-14-12-22(13-15-23)11-5-8-18-6-3-2-4-7-18/h2-10,16H,11-15H2,1H3. The highest BCUT2D eigenvalue weighted by molar-refractivity contribution is 7.89. The quantitative estimate of drug-likeness (QED) is 0.782. The number of sulfonamides is 1. The van der Waals surface area contributed by atoms with Gasteiger partial charge in [-0.25, -0.2) is 8.42 Å². The Morgan fingerprint density at radius 3 is 2.38 bits per heavy atom. The molecular formula is C20H23ClN2O2S.